The number of allylic oxidation sites excluding steroid dienone is 2. The molecule has 1 aliphatic rings. The Balaban J connectivity index is 2.63. The van der Waals surface area contributed by atoms with E-state index >= 15 is 0 Å². The zero-order chi connectivity index (χ0) is 16.7. The van der Waals surface area contributed by atoms with Crippen molar-refractivity contribution in [3.8, 4) is 0 Å². The van der Waals surface area contributed by atoms with Crippen LogP contribution in [0.2, 0.25) is 0 Å². The molecule has 22 heavy (non-hydrogen) atoms. The van der Waals surface area contributed by atoms with Crippen molar-refractivity contribution in [1.29, 1.82) is 0 Å². The minimum absolute atomic E-state index is 0.0846. The van der Waals surface area contributed by atoms with Crippen LogP contribution in [0.1, 0.15) is 0 Å². The molecule has 0 amide bonds. The van der Waals surface area contributed by atoms with Crippen molar-refractivity contribution < 1.29 is 13.2 Å². The zero-order valence-electron chi connectivity index (χ0n) is 10.4. The van der Waals surface area contributed by atoms with Crippen LogP contribution in [-0.2, 0) is 14.8 Å². The Labute approximate surface area is 151 Å². The quantitative estimate of drug-likeness (QED) is 0.681. The van der Waals surface area contributed by atoms with Crippen LogP contribution in [0.5, 0.6) is 0 Å². The molecular formula is C12H6Cl5NO3S. The maximum atomic E-state index is 12.2. The van der Waals surface area contributed by atoms with Crippen LogP contribution in [-0.4, -0.2) is 29.6 Å². The number of halogens is 5. The summed E-state index contributed by atoms with van der Waals surface area (Å²) in [6.07, 6.45) is 0. The highest BCUT2D eigenvalue weighted by Gasteiger charge is 2.51. The molecule has 0 fully saturated rings. The number of nitrogens with zero attached hydrogens (tertiary/aromatic N) is 1. The molecule has 1 atom stereocenters. The van der Waals surface area contributed by atoms with Crippen LogP contribution in [0.25, 0.3) is 0 Å². The van der Waals surface area contributed by atoms with E-state index in [1.165, 1.54) is 24.3 Å². The molecule has 118 valence electrons. The molecule has 0 heterocycles. The van der Waals surface area contributed by atoms with E-state index in [1.54, 1.807) is 6.07 Å². The topological polar surface area (TPSA) is 63.6 Å². The Kier molecular flexibility index (Phi) is 5.17. The van der Waals surface area contributed by atoms with Crippen molar-refractivity contribution in [2.24, 2.45) is 4.40 Å². The van der Waals surface area contributed by atoms with Crippen molar-refractivity contribution >= 4 is 79.5 Å². The highest BCUT2D eigenvalue weighted by Crippen LogP contribution is 2.42. The summed E-state index contributed by atoms with van der Waals surface area (Å²) in [5.74, 6) is -0.918. The van der Waals surface area contributed by atoms with Gasteiger partial charge in [-0.3, -0.25) is 4.79 Å². The second kappa shape index (κ2) is 6.30. The molecule has 4 nitrogen and oxygen atoms in total. The largest absolute Gasteiger partial charge is 0.290 e. The molecule has 0 spiro atoms. The summed E-state index contributed by atoms with van der Waals surface area (Å²) < 4.78 is 25.9. The fourth-order valence-corrected chi connectivity index (χ4v) is 4.08. The molecular weight excluding hydrogens is 415 g/mol. The summed E-state index contributed by atoms with van der Waals surface area (Å²) in [4.78, 5) is 11.7. The van der Waals surface area contributed by atoms with Gasteiger partial charge in [0.05, 0.1) is 15.6 Å². The minimum Gasteiger partial charge on any atom is -0.290 e. The van der Waals surface area contributed by atoms with E-state index in [1.807, 2.05) is 0 Å². The normalized spacial score (nSPS) is 24.0. The third-order valence-electron chi connectivity index (χ3n) is 2.74. The number of sulfonamides is 1. The van der Waals surface area contributed by atoms with Crippen LogP contribution in [0.3, 0.4) is 0 Å². The van der Waals surface area contributed by atoms with E-state index in [4.69, 9.17) is 58.0 Å². The molecule has 1 aliphatic carbocycles. The summed E-state index contributed by atoms with van der Waals surface area (Å²) >= 11 is 29.2. The lowest BCUT2D eigenvalue weighted by molar-refractivity contribution is -0.115. The number of alkyl halides is 3. The molecule has 1 aromatic carbocycles. The van der Waals surface area contributed by atoms with E-state index in [-0.39, 0.29) is 10.6 Å². The third-order valence-corrected chi connectivity index (χ3v) is 6.42. The first-order chi connectivity index (χ1) is 10.1. The Morgan fingerprint density at radius 3 is 2.14 bits per heavy atom. The van der Waals surface area contributed by atoms with E-state index in [2.05, 4.69) is 4.40 Å². The summed E-state index contributed by atoms with van der Waals surface area (Å²) in [5, 5.41) is -2.40. The molecule has 2 rings (SSSR count). The van der Waals surface area contributed by atoms with Crippen molar-refractivity contribution in [1.82, 2.24) is 0 Å². The molecule has 10 heteroatoms. The fraction of sp³-hybridized carbons (Fsp3) is 0.167. The fourth-order valence-electron chi connectivity index (χ4n) is 1.62. The summed E-state index contributed by atoms with van der Waals surface area (Å²) in [5.41, 5.74) is -0.387. The van der Waals surface area contributed by atoms with Gasteiger partial charge in [0, 0.05) is 0 Å². The average molecular weight is 422 g/mol. The number of carbonyl (C=O) groups is 1. The van der Waals surface area contributed by atoms with Gasteiger partial charge >= 0.3 is 0 Å². The standard InChI is InChI=1S/C12H6Cl5NO3S/c13-7-8(14)11(19)12(16,17)10(15)9(7)18-22(20,21)6-4-2-1-3-5-6/h1-5,10H/b18-9-. The van der Waals surface area contributed by atoms with Crippen LogP contribution in [0.15, 0.2) is 49.7 Å². The SMILES string of the molecule is O=C1C(Cl)=C(Cl)/C(=N/S(=O)(=O)c2ccccc2)C(Cl)C1(Cl)Cl. The second-order valence-corrected chi connectivity index (χ2v) is 8.39. The van der Waals surface area contributed by atoms with E-state index in [0.29, 0.717) is 0 Å². The van der Waals surface area contributed by atoms with Gasteiger partial charge < -0.3 is 0 Å². The van der Waals surface area contributed by atoms with Gasteiger partial charge in [0.2, 0.25) is 10.1 Å². The van der Waals surface area contributed by atoms with Crippen LogP contribution in [0.4, 0.5) is 0 Å². The Bertz CT molecular complexity index is 786. The highest BCUT2D eigenvalue weighted by atomic mass is 35.5. The molecule has 0 N–H and O–H groups in total. The molecule has 0 saturated carbocycles. The first kappa shape index (κ1) is 18.0. The smallest absolute Gasteiger partial charge is 0.282 e. The Morgan fingerprint density at radius 1 is 1.05 bits per heavy atom. The molecule has 1 aromatic rings. The monoisotopic (exact) mass is 419 g/mol. The predicted molar refractivity (Wildman–Crippen MR) is 88.9 cm³/mol. The Hall–Kier alpha value is -0.300. The van der Waals surface area contributed by atoms with Crippen molar-refractivity contribution in [3.63, 3.8) is 0 Å². The number of hydrogen-bond donors (Lipinski definition) is 0. The molecule has 1 unspecified atom stereocenters. The third kappa shape index (κ3) is 3.16. The number of ketones is 1. The lowest BCUT2D eigenvalue weighted by atomic mass is 10.0. The summed E-state index contributed by atoms with van der Waals surface area (Å²) in [7, 11) is -4.12. The van der Waals surface area contributed by atoms with Crippen molar-refractivity contribution in [2.75, 3.05) is 0 Å². The number of rotatable bonds is 2. The molecule has 0 aliphatic heterocycles. The zero-order valence-corrected chi connectivity index (χ0v) is 15.0. The van der Waals surface area contributed by atoms with Gasteiger partial charge in [0.1, 0.15) is 10.4 Å². The molecule has 0 aromatic heterocycles. The second-order valence-electron chi connectivity index (χ2n) is 4.21. The van der Waals surface area contributed by atoms with Gasteiger partial charge in [-0.05, 0) is 12.1 Å². The first-order valence-corrected chi connectivity index (χ1v) is 9.00. The first-order valence-electron chi connectivity index (χ1n) is 5.61. The van der Waals surface area contributed by atoms with Crippen LogP contribution < -0.4 is 0 Å². The van der Waals surface area contributed by atoms with Gasteiger partial charge in [-0.15, -0.1) is 11.6 Å². The van der Waals surface area contributed by atoms with Gasteiger partial charge in [-0.1, -0.05) is 64.6 Å². The van der Waals surface area contributed by atoms with Crippen molar-refractivity contribution in [2.45, 2.75) is 14.6 Å². The Morgan fingerprint density at radius 2 is 1.59 bits per heavy atom. The maximum Gasteiger partial charge on any atom is 0.282 e. The molecule has 0 radical (unpaired) electrons. The summed E-state index contributed by atoms with van der Waals surface area (Å²) in [6.45, 7) is 0. The maximum absolute atomic E-state index is 12.2. The number of benzene rings is 1. The number of hydrogen-bond acceptors (Lipinski definition) is 3. The van der Waals surface area contributed by atoms with Gasteiger partial charge in [-0.25, -0.2) is 0 Å². The summed E-state index contributed by atoms with van der Waals surface area (Å²) in [6, 6.07) is 7.36. The van der Waals surface area contributed by atoms with Crippen molar-refractivity contribution in [3.05, 3.63) is 40.4 Å². The lowest BCUT2D eigenvalue weighted by Crippen LogP contribution is -2.45. The molecule has 0 bridgehead atoms. The highest BCUT2D eigenvalue weighted by molar-refractivity contribution is 7.90. The molecule has 0 saturated heterocycles. The minimum atomic E-state index is -4.12. The predicted octanol–water partition coefficient (Wildman–Crippen LogP) is 3.87. The van der Waals surface area contributed by atoms with Crippen LogP contribution in [0, 0.1) is 0 Å². The average Bonchev–Trinajstić information content (AvgIpc) is 2.49. The lowest BCUT2D eigenvalue weighted by Gasteiger charge is -2.29. The van der Waals surface area contributed by atoms with Gasteiger partial charge in [0.15, 0.2) is 0 Å². The van der Waals surface area contributed by atoms with Crippen LogP contribution >= 0.6 is 58.0 Å². The van der Waals surface area contributed by atoms with Gasteiger partial charge in [-0.2, -0.15) is 12.8 Å². The van der Waals surface area contributed by atoms with E-state index in [9.17, 15) is 13.2 Å². The van der Waals surface area contributed by atoms with E-state index < -0.39 is 35.6 Å². The van der Waals surface area contributed by atoms with Gasteiger partial charge in [0.25, 0.3) is 10.0 Å². The number of carbonyl (C=O) groups excluding carboxylic acids is 1. The van der Waals surface area contributed by atoms with E-state index in [0.717, 1.165) is 0 Å². The number of Topliss-reactive ketones (excluding diaryl/α,β-unsaturated/α-hetero) is 1.